The molecule has 2 heterocycles. The van der Waals surface area contributed by atoms with Crippen LogP contribution in [0.25, 0.3) is 22.3 Å². The Morgan fingerprint density at radius 1 is 1.07 bits per heavy atom. The number of para-hydroxylation sites is 1. The summed E-state index contributed by atoms with van der Waals surface area (Å²) in [4.78, 5) is 33.3. The zero-order valence-electron chi connectivity index (χ0n) is 15.2. The van der Waals surface area contributed by atoms with Crippen molar-refractivity contribution >= 4 is 22.8 Å². The summed E-state index contributed by atoms with van der Waals surface area (Å²) in [6.45, 7) is 3.84. The molecule has 0 aliphatic heterocycles. The molecular formula is C21H21N3O3. The van der Waals surface area contributed by atoms with E-state index in [4.69, 9.17) is 0 Å². The van der Waals surface area contributed by atoms with E-state index in [0.29, 0.717) is 34.3 Å². The van der Waals surface area contributed by atoms with E-state index in [1.807, 2.05) is 50.2 Å². The predicted octanol–water partition coefficient (Wildman–Crippen LogP) is 3.53. The van der Waals surface area contributed by atoms with E-state index < -0.39 is 17.9 Å². The molecule has 2 N–H and O–H groups in total. The van der Waals surface area contributed by atoms with Crippen LogP contribution in [0.5, 0.6) is 0 Å². The lowest BCUT2D eigenvalue weighted by Crippen LogP contribution is -2.41. The van der Waals surface area contributed by atoms with Gasteiger partial charge in [0.05, 0.1) is 22.5 Å². The SMILES string of the molecule is CC(C)C[C@H](NC(=O)c1cc(-c2ccccn2)nc2ccccc12)C(=O)O. The van der Waals surface area contributed by atoms with Crippen molar-refractivity contribution in [2.75, 3.05) is 0 Å². The Bertz CT molecular complexity index is 971. The number of amides is 1. The van der Waals surface area contributed by atoms with Gasteiger partial charge in [0.1, 0.15) is 6.04 Å². The van der Waals surface area contributed by atoms with E-state index in [-0.39, 0.29) is 5.92 Å². The van der Waals surface area contributed by atoms with Gasteiger partial charge < -0.3 is 10.4 Å². The third-order valence-corrected chi connectivity index (χ3v) is 4.20. The van der Waals surface area contributed by atoms with Crippen LogP contribution in [0.4, 0.5) is 0 Å². The van der Waals surface area contributed by atoms with Crippen LogP contribution in [0.15, 0.2) is 54.7 Å². The van der Waals surface area contributed by atoms with E-state index in [0.717, 1.165) is 0 Å². The number of aromatic nitrogens is 2. The minimum absolute atomic E-state index is 0.143. The Balaban J connectivity index is 2.04. The summed E-state index contributed by atoms with van der Waals surface area (Å²) in [5, 5.41) is 12.7. The molecule has 1 aromatic carbocycles. The number of nitrogens with zero attached hydrogens (tertiary/aromatic N) is 2. The Labute approximate surface area is 157 Å². The molecule has 6 heteroatoms. The largest absolute Gasteiger partial charge is 0.480 e. The Morgan fingerprint density at radius 2 is 1.81 bits per heavy atom. The van der Waals surface area contributed by atoms with Crippen molar-refractivity contribution in [3.63, 3.8) is 0 Å². The average molecular weight is 363 g/mol. The molecule has 0 fully saturated rings. The van der Waals surface area contributed by atoms with Gasteiger partial charge in [-0.05, 0) is 36.6 Å². The third-order valence-electron chi connectivity index (χ3n) is 4.20. The number of hydrogen-bond donors (Lipinski definition) is 2. The van der Waals surface area contributed by atoms with Crippen molar-refractivity contribution in [1.29, 1.82) is 0 Å². The summed E-state index contributed by atoms with van der Waals surface area (Å²) in [5.74, 6) is -1.33. The van der Waals surface area contributed by atoms with Crippen molar-refractivity contribution in [3.05, 3.63) is 60.3 Å². The second-order valence-corrected chi connectivity index (χ2v) is 6.78. The van der Waals surface area contributed by atoms with E-state index in [9.17, 15) is 14.7 Å². The first-order valence-electron chi connectivity index (χ1n) is 8.80. The summed E-state index contributed by atoms with van der Waals surface area (Å²) in [6.07, 6.45) is 2.02. The van der Waals surface area contributed by atoms with Gasteiger partial charge in [-0.3, -0.25) is 9.78 Å². The van der Waals surface area contributed by atoms with Gasteiger partial charge in [0.2, 0.25) is 0 Å². The molecule has 6 nitrogen and oxygen atoms in total. The van der Waals surface area contributed by atoms with Crippen molar-refractivity contribution < 1.29 is 14.7 Å². The first kappa shape index (κ1) is 18.5. The summed E-state index contributed by atoms with van der Waals surface area (Å²) in [5.41, 5.74) is 2.25. The highest BCUT2D eigenvalue weighted by atomic mass is 16.4. The normalized spacial score (nSPS) is 12.1. The van der Waals surface area contributed by atoms with Gasteiger partial charge in [0.15, 0.2) is 0 Å². The molecule has 1 amide bonds. The van der Waals surface area contributed by atoms with Crippen molar-refractivity contribution in [1.82, 2.24) is 15.3 Å². The molecule has 0 bridgehead atoms. The van der Waals surface area contributed by atoms with E-state index in [1.54, 1.807) is 18.3 Å². The van der Waals surface area contributed by atoms with Gasteiger partial charge in [0, 0.05) is 11.6 Å². The molecule has 0 radical (unpaired) electrons. The predicted molar refractivity (Wildman–Crippen MR) is 103 cm³/mol. The minimum Gasteiger partial charge on any atom is -0.480 e. The van der Waals surface area contributed by atoms with Crippen molar-refractivity contribution in [3.8, 4) is 11.4 Å². The maximum absolute atomic E-state index is 12.9. The van der Waals surface area contributed by atoms with Gasteiger partial charge in [-0.25, -0.2) is 9.78 Å². The van der Waals surface area contributed by atoms with Crippen LogP contribution in [0.2, 0.25) is 0 Å². The molecule has 0 spiro atoms. The second-order valence-electron chi connectivity index (χ2n) is 6.78. The van der Waals surface area contributed by atoms with Crippen LogP contribution in [0.1, 0.15) is 30.6 Å². The van der Waals surface area contributed by atoms with E-state index in [1.165, 1.54) is 0 Å². The van der Waals surface area contributed by atoms with Gasteiger partial charge >= 0.3 is 5.97 Å². The summed E-state index contributed by atoms with van der Waals surface area (Å²) in [7, 11) is 0. The summed E-state index contributed by atoms with van der Waals surface area (Å²) in [6, 6.07) is 13.5. The number of pyridine rings is 2. The second kappa shape index (κ2) is 7.95. The monoisotopic (exact) mass is 363 g/mol. The van der Waals surface area contributed by atoms with Crippen LogP contribution in [-0.4, -0.2) is 33.0 Å². The number of hydrogen-bond acceptors (Lipinski definition) is 4. The molecule has 27 heavy (non-hydrogen) atoms. The molecule has 0 saturated carbocycles. The quantitative estimate of drug-likeness (QED) is 0.699. The van der Waals surface area contributed by atoms with Crippen molar-refractivity contribution in [2.24, 2.45) is 5.92 Å². The molecule has 1 atom stereocenters. The molecule has 3 aromatic rings. The Morgan fingerprint density at radius 3 is 2.48 bits per heavy atom. The van der Waals surface area contributed by atoms with E-state index in [2.05, 4.69) is 15.3 Å². The molecular weight excluding hydrogens is 342 g/mol. The summed E-state index contributed by atoms with van der Waals surface area (Å²) >= 11 is 0. The fourth-order valence-corrected chi connectivity index (χ4v) is 2.94. The highest BCUT2D eigenvalue weighted by molar-refractivity contribution is 6.08. The number of rotatable bonds is 6. The highest BCUT2D eigenvalue weighted by Gasteiger charge is 2.23. The Hall–Kier alpha value is -3.28. The molecule has 0 aliphatic carbocycles. The molecule has 3 rings (SSSR count). The third kappa shape index (κ3) is 4.28. The number of carboxylic acid groups (broad SMARTS) is 1. The van der Waals surface area contributed by atoms with Crippen LogP contribution in [0.3, 0.4) is 0 Å². The smallest absolute Gasteiger partial charge is 0.326 e. The topological polar surface area (TPSA) is 92.2 Å². The fourth-order valence-electron chi connectivity index (χ4n) is 2.94. The number of carboxylic acids is 1. The van der Waals surface area contributed by atoms with Crippen LogP contribution < -0.4 is 5.32 Å². The maximum Gasteiger partial charge on any atom is 0.326 e. The lowest BCUT2D eigenvalue weighted by molar-refractivity contribution is -0.139. The lowest BCUT2D eigenvalue weighted by Gasteiger charge is -2.17. The fraction of sp³-hybridized carbons (Fsp3) is 0.238. The minimum atomic E-state index is -1.04. The molecule has 0 unspecified atom stereocenters. The lowest BCUT2D eigenvalue weighted by atomic mass is 10.0. The average Bonchev–Trinajstić information content (AvgIpc) is 2.66. The number of aliphatic carboxylic acids is 1. The number of benzene rings is 1. The number of nitrogens with one attached hydrogen (secondary N) is 1. The van der Waals surface area contributed by atoms with Gasteiger partial charge in [-0.1, -0.05) is 38.1 Å². The van der Waals surface area contributed by atoms with Crippen LogP contribution in [-0.2, 0) is 4.79 Å². The molecule has 0 saturated heterocycles. The summed E-state index contributed by atoms with van der Waals surface area (Å²) < 4.78 is 0. The van der Waals surface area contributed by atoms with Gasteiger partial charge in [-0.15, -0.1) is 0 Å². The first-order chi connectivity index (χ1) is 13.0. The molecule has 138 valence electrons. The Kier molecular flexibility index (Phi) is 5.45. The molecule has 2 aromatic heterocycles. The maximum atomic E-state index is 12.9. The zero-order chi connectivity index (χ0) is 19.4. The number of carbonyl (C=O) groups is 2. The van der Waals surface area contributed by atoms with Gasteiger partial charge in [-0.2, -0.15) is 0 Å². The number of fused-ring (bicyclic) bond motifs is 1. The number of carbonyl (C=O) groups excluding carboxylic acids is 1. The van der Waals surface area contributed by atoms with Crippen LogP contribution in [0, 0.1) is 5.92 Å². The van der Waals surface area contributed by atoms with Crippen LogP contribution >= 0.6 is 0 Å². The highest BCUT2D eigenvalue weighted by Crippen LogP contribution is 2.24. The molecule has 0 aliphatic rings. The van der Waals surface area contributed by atoms with Gasteiger partial charge in [0.25, 0.3) is 5.91 Å². The zero-order valence-corrected chi connectivity index (χ0v) is 15.2. The standard InChI is InChI=1S/C21H21N3O3/c1-13(2)11-19(21(26)27)24-20(25)15-12-18(17-9-5-6-10-22-17)23-16-8-4-3-7-14(15)16/h3-10,12-13,19H,11H2,1-2H3,(H,24,25)(H,26,27)/t19-/m0/s1. The first-order valence-corrected chi connectivity index (χ1v) is 8.80. The van der Waals surface area contributed by atoms with Crippen molar-refractivity contribution in [2.45, 2.75) is 26.3 Å². The van der Waals surface area contributed by atoms with E-state index >= 15 is 0 Å².